The number of hydrogen-bond acceptors (Lipinski definition) is 4. The van der Waals surface area contributed by atoms with Gasteiger partial charge in [0.15, 0.2) is 5.82 Å². The van der Waals surface area contributed by atoms with E-state index in [0.29, 0.717) is 11.5 Å². The first kappa shape index (κ1) is 11.1. The van der Waals surface area contributed by atoms with Gasteiger partial charge in [-0.25, -0.2) is 4.39 Å². The van der Waals surface area contributed by atoms with Crippen LogP contribution in [0.15, 0.2) is 30.3 Å². The van der Waals surface area contributed by atoms with E-state index in [4.69, 9.17) is 5.11 Å². The molecule has 3 rings (SSSR count). The summed E-state index contributed by atoms with van der Waals surface area (Å²) in [7, 11) is 0. The van der Waals surface area contributed by atoms with Crippen LogP contribution in [-0.2, 0) is 13.0 Å². The average Bonchev–Trinajstić information content (AvgIpc) is 2.82. The second-order valence-electron chi connectivity index (χ2n) is 4.22. The number of rotatable bonds is 2. The molecule has 0 radical (unpaired) electrons. The number of hydrogen-bond donors (Lipinski definition) is 1. The molecule has 5 heteroatoms. The van der Waals surface area contributed by atoms with Gasteiger partial charge >= 0.3 is 0 Å². The third-order valence-electron chi connectivity index (χ3n) is 3.09. The molecule has 1 aromatic heterocycles. The number of aliphatic hydroxyl groups excluding tert-OH is 1. The molecule has 2 heterocycles. The van der Waals surface area contributed by atoms with Crippen LogP contribution < -0.4 is 4.90 Å². The maximum Gasteiger partial charge on any atom is 0.155 e. The SMILES string of the molecule is OCc1ccc(N2CCc3ccc(F)cc32)nn1. The highest BCUT2D eigenvalue weighted by Crippen LogP contribution is 2.33. The van der Waals surface area contributed by atoms with Gasteiger partial charge in [0.2, 0.25) is 0 Å². The minimum atomic E-state index is -0.249. The Kier molecular flexibility index (Phi) is 2.68. The fourth-order valence-corrected chi connectivity index (χ4v) is 2.17. The Morgan fingerprint density at radius 2 is 2.11 bits per heavy atom. The third kappa shape index (κ3) is 1.82. The van der Waals surface area contributed by atoms with E-state index in [9.17, 15) is 4.39 Å². The Balaban J connectivity index is 1.97. The van der Waals surface area contributed by atoms with Gasteiger partial charge in [0.05, 0.1) is 12.3 Å². The van der Waals surface area contributed by atoms with Crippen molar-refractivity contribution in [3.63, 3.8) is 0 Å². The Labute approximate surface area is 104 Å². The maximum absolute atomic E-state index is 13.3. The topological polar surface area (TPSA) is 49.2 Å². The van der Waals surface area contributed by atoms with E-state index in [1.165, 1.54) is 12.1 Å². The highest BCUT2D eigenvalue weighted by atomic mass is 19.1. The molecule has 1 aliphatic rings. The fraction of sp³-hybridized carbons (Fsp3) is 0.231. The van der Waals surface area contributed by atoms with E-state index in [-0.39, 0.29) is 12.4 Å². The minimum Gasteiger partial charge on any atom is -0.390 e. The van der Waals surface area contributed by atoms with Gasteiger partial charge in [0, 0.05) is 12.2 Å². The molecule has 0 saturated heterocycles. The van der Waals surface area contributed by atoms with Crippen LogP contribution in [-0.4, -0.2) is 21.8 Å². The van der Waals surface area contributed by atoms with Gasteiger partial charge < -0.3 is 10.0 Å². The van der Waals surface area contributed by atoms with Crippen LogP contribution in [0.1, 0.15) is 11.3 Å². The van der Waals surface area contributed by atoms with Crippen molar-refractivity contribution in [2.24, 2.45) is 0 Å². The number of nitrogens with zero attached hydrogens (tertiary/aromatic N) is 3. The van der Waals surface area contributed by atoms with Crippen molar-refractivity contribution in [1.82, 2.24) is 10.2 Å². The molecular formula is C13H12FN3O. The number of benzene rings is 1. The van der Waals surface area contributed by atoms with Crippen LogP contribution >= 0.6 is 0 Å². The van der Waals surface area contributed by atoms with Crippen LogP contribution in [0.5, 0.6) is 0 Å². The van der Waals surface area contributed by atoms with Crippen LogP contribution in [0.4, 0.5) is 15.9 Å². The van der Waals surface area contributed by atoms with Gasteiger partial charge in [-0.2, -0.15) is 5.10 Å². The van der Waals surface area contributed by atoms with Gasteiger partial charge in [-0.3, -0.25) is 0 Å². The number of halogens is 1. The highest BCUT2D eigenvalue weighted by Gasteiger charge is 2.22. The highest BCUT2D eigenvalue weighted by molar-refractivity contribution is 5.67. The Morgan fingerprint density at radius 1 is 1.22 bits per heavy atom. The predicted molar refractivity (Wildman–Crippen MR) is 65.1 cm³/mol. The van der Waals surface area contributed by atoms with E-state index in [1.807, 2.05) is 4.90 Å². The van der Waals surface area contributed by atoms with Crippen molar-refractivity contribution in [2.45, 2.75) is 13.0 Å². The lowest BCUT2D eigenvalue weighted by Crippen LogP contribution is -2.15. The molecule has 0 aliphatic carbocycles. The molecule has 0 fully saturated rings. The normalized spacial score (nSPS) is 13.8. The van der Waals surface area contributed by atoms with Crippen molar-refractivity contribution in [3.8, 4) is 0 Å². The molecule has 0 atom stereocenters. The molecule has 4 nitrogen and oxygen atoms in total. The zero-order chi connectivity index (χ0) is 12.5. The molecular weight excluding hydrogens is 233 g/mol. The summed E-state index contributed by atoms with van der Waals surface area (Å²) in [6.45, 7) is 0.643. The molecule has 92 valence electrons. The molecule has 0 amide bonds. The van der Waals surface area contributed by atoms with Crippen molar-refractivity contribution in [1.29, 1.82) is 0 Å². The summed E-state index contributed by atoms with van der Waals surface area (Å²) in [4.78, 5) is 1.94. The number of anilines is 2. The summed E-state index contributed by atoms with van der Waals surface area (Å²) < 4.78 is 13.3. The first-order valence-electron chi connectivity index (χ1n) is 5.77. The van der Waals surface area contributed by atoms with Crippen LogP contribution in [0, 0.1) is 5.82 Å². The lowest BCUT2D eigenvalue weighted by Gasteiger charge is -2.17. The standard InChI is InChI=1S/C13H12FN3O/c14-10-2-1-9-5-6-17(12(9)7-10)13-4-3-11(8-18)15-16-13/h1-4,7,18H,5-6,8H2. The molecule has 2 aromatic rings. The summed E-state index contributed by atoms with van der Waals surface area (Å²) >= 11 is 0. The molecule has 18 heavy (non-hydrogen) atoms. The van der Waals surface area contributed by atoms with Gasteiger partial charge in [0.25, 0.3) is 0 Å². The molecule has 1 aromatic carbocycles. The molecule has 0 bridgehead atoms. The zero-order valence-electron chi connectivity index (χ0n) is 9.67. The quantitative estimate of drug-likeness (QED) is 0.876. The van der Waals surface area contributed by atoms with Crippen LogP contribution in [0.3, 0.4) is 0 Å². The maximum atomic E-state index is 13.3. The summed E-state index contributed by atoms with van der Waals surface area (Å²) in [5.41, 5.74) is 2.49. The minimum absolute atomic E-state index is 0.126. The van der Waals surface area contributed by atoms with Crippen molar-refractivity contribution < 1.29 is 9.50 Å². The summed E-state index contributed by atoms with van der Waals surface area (Å²) in [6.07, 6.45) is 0.874. The van der Waals surface area contributed by atoms with E-state index in [1.54, 1.807) is 18.2 Å². The smallest absolute Gasteiger partial charge is 0.155 e. The first-order valence-corrected chi connectivity index (χ1v) is 5.77. The van der Waals surface area contributed by atoms with E-state index >= 15 is 0 Å². The number of aromatic nitrogens is 2. The third-order valence-corrected chi connectivity index (χ3v) is 3.09. The van der Waals surface area contributed by atoms with Gasteiger partial charge in [-0.05, 0) is 36.2 Å². The number of aliphatic hydroxyl groups is 1. The summed E-state index contributed by atoms with van der Waals surface area (Å²) in [5, 5.41) is 16.9. The second kappa shape index (κ2) is 4.34. The number of fused-ring (bicyclic) bond motifs is 1. The van der Waals surface area contributed by atoms with Gasteiger partial charge in [-0.1, -0.05) is 6.07 Å². The summed E-state index contributed by atoms with van der Waals surface area (Å²) in [6, 6.07) is 8.31. The molecule has 1 N–H and O–H groups in total. The molecule has 1 aliphatic heterocycles. The summed E-state index contributed by atoms with van der Waals surface area (Å²) in [5.74, 6) is 0.428. The van der Waals surface area contributed by atoms with E-state index < -0.39 is 0 Å². The van der Waals surface area contributed by atoms with E-state index in [2.05, 4.69) is 10.2 Å². The van der Waals surface area contributed by atoms with Gasteiger partial charge in [-0.15, -0.1) is 5.10 Å². The monoisotopic (exact) mass is 245 g/mol. The van der Waals surface area contributed by atoms with Crippen LogP contribution in [0.2, 0.25) is 0 Å². The Bertz CT molecular complexity index is 571. The lowest BCUT2D eigenvalue weighted by molar-refractivity contribution is 0.275. The first-order chi connectivity index (χ1) is 8.78. The predicted octanol–water partition coefficient (Wildman–Crippen LogP) is 1.80. The molecule has 0 unspecified atom stereocenters. The van der Waals surface area contributed by atoms with Crippen LogP contribution in [0.25, 0.3) is 0 Å². The van der Waals surface area contributed by atoms with Crippen molar-refractivity contribution >= 4 is 11.5 Å². The van der Waals surface area contributed by atoms with Crippen molar-refractivity contribution in [2.75, 3.05) is 11.4 Å². The molecule has 0 spiro atoms. The van der Waals surface area contributed by atoms with Crippen molar-refractivity contribution in [3.05, 3.63) is 47.4 Å². The zero-order valence-corrected chi connectivity index (χ0v) is 9.67. The average molecular weight is 245 g/mol. The molecule has 0 saturated carbocycles. The Hall–Kier alpha value is -2.01. The largest absolute Gasteiger partial charge is 0.390 e. The van der Waals surface area contributed by atoms with E-state index in [0.717, 1.165) is 24.2 Å². The van der Waals surface area contributed by atoms with Gasteiger partial charge in [0.1, 0.15) is 5.82 Å². The fourth-order valence-electron chi connectivity index (χ4n) is 2.17. The Morgan fingerprint density at radius 3 is 2.83 bits per heavy atom. The second-order valence-corrected chi connectivity index (χ2v) is 4.22. The lowest BCUT2D eigenvalue weighted by atomic mass is 10.2.